The van der Waals surface area contributed by atoms with E-state index in [1.807, 2.05) is 0 Å². The number of aryl methyl sites for hydroxylation is 1. The van der Waals surface area contributed by atoms with Crippen LogP contribution in [0.3, 0.4) is 0 Å². The third kappa shape index (κ3) is 5.11. The number of carboxylic acid groups (broad SMARTS) is 1. The molecule has 3 rings (SSSR count). The van der Waals surface area contributed by atoms with Gasteiger partial charge in [-0.1, -0.05) is 6.58 Å². The molecule has 0 fully saturated rings. The maximum Gasteiger partial charge on any atom is 0.355 e. The average Bonchev–Trinajstić information content (AvgIpc) is 3.13. The summed E-state index contributed by atoms with van der Waals surface area (Å²) >= 11 is 0. The highest BCUT2D eigenvalue weighted by Gasteiger charge is 2.41. The number of carboxylic acids is 1. The Labute approximate surface area is 199 Å². The van der Waals surface area contributed by atoms with E-state index < -0.39 is 48.5 Å². The molecule has 2 N–H and O–H groups in total. The number of hydrazone groups is 1. The molecule has 1 aliphatic heterocycles. The van der Waals surface area contributed by atoms with E-state index in [2.05, 4.69) is 21.9 Å². The third-order valence-electron chi connectivity index (χ3n) is 4.79. The second-order valence-electron chi connectivity index (χ2n) is 7.03. The number of amides is 1. The maximum atomic E-state index is 12.9. The van der Waals surface area contributed by atoms with E-state index in [0.29, 0.717) is 5.01 Å². The molecule has 0 radical (unpaired) electrons. The molecule has 1 aliphatic rings. The normalized spacial score (nSPS) is 16.4. The zero-order valence-electron chi connectivity index (χ0n) is 18.2. The number of hydrogen-bond acceptors (Lipinski definition) is 10. The summed E-state index contributed by atoms with van der Waals surface area (Å²) in [5.74, 6) is -2.45. The van der Waals surface area contributed by atoms with Gasteiger partial charge in [0.1, 0.15) is 11.4 Å². The van der Waals surface area contributed by atoms with Gasteiger partial charge in [0.2, 0.25) is 6.04 Å². The zero-order valence-corrected chi connectivity index (χ0v) is 19.8. The first-order chi connectivity index (χ1) is 16.3. The average molecular weight is 523 g/mol. The first kappa shape index (κ1) is 25.7. The summed E-state index contributed by atoms with van der Waals surface area (Å²) in [5.41, 5.74) is -0.322. The molecule has 2 aromatic rings. The largest absolute Gasteiger partial charge is 0.494 e. The molecule has 0 saturated carbocycles. The van der Waals surface area contributed by atoms with Crippen LogP contribution in [0.1, 0.15) is 5.56 Å². The Balaban J connectivity index is 1.98. The molecule has 1 atom stereocenters. The van der Waals surface area contributed by atoms with Gasteiger partial charge in [0, 0.05) is 11.5 Å². The first-order valence-electron chi connectivity index (χ1n) is 9.50. The van der Waals surface area contributed by atoms with Gasteiger partial charge in [0.25, 0.3) is 16.0 Å². The van der Waals surface area contributed by atoms with Crippen molar-refractivity contribution in [3.8, 4) is 5.75 Å². The van der Waals surface area contributed by atoms with Crippen LogP contribution in [0.4, 0.5) is 11.4 Å². The molecule has 1 amide bonds. The molecule has 35 heavy (non-hydrogen) atoms. The molecule has 0 aromatic heterocycles. The molecular weight excluding hydrogens is 504 g/mol. The fourth-order valence-corrected chi connectivity index (χ4v) is 4.50. The van der Waals surface area contributed by atoms with E-state index in [1.165, 1.54) is 26.2 Å². The summed E-state index contributed by atoms with van der Waals surface area (Å²) in [4.78, 5) is 24.0. The SMILES string of the molecule is C=CS(=O)(=O)c1cc(OC)c(N=NC2C(=O)N(c3ccc(S(=O)(=O)O)cc3)N=C2C(=O)O)cc1C. The molecule has 2 aromatic carbocycles. The molecule has 0 bridgehead atoms. The summed E-state index contributed by atoms with van der Waals surface area (Å²) in [7, 11) is -7.00. The van der Waals surface area contributed by atoms with Gasteiger partial charge in [-0.05, 0) is 42.8 Å². The number of rotatable bonds is 8. The number of carbonyl (C=O) groups excluding carboxylic acids is 1. The monoisotopic (exact) mass is 522 g/mol. The summed E-state index contributed by atoms with van der Waals surface area (Å²) < 4.78 is 61.0. The number of nitrogens with zero attached hydrogens (tertiary/aromatic N) is 4. The van der Waals surface area contributed by atoms with Crippen LogP contribution in [0.15, 0.2) is 73.5 Å². The van der Waals surface area contributed by atoms with Gasteiger partial charge in [0.15, 0.2) is 15.5 Å². The number of methoxy groups -OCH3 is 1. The van der Waals surface area contributed by atoms with Crippen LogP contribution in [-0.4, -0.2) is 57.2 Å². The van der Waals surface area contributed by atoms with Crippen molar-refractivity contribution in [3.05, 3.63) is 53.9 Å². The van der Waals surface area contributed by atoms with Gasteiger partial charge in [-0.25, -0.2) is 13.2 Å². The van der Waals surface area contributed by atoms with Crippen LogP contribution in [-0.2, 0) is 29.5 Å². The van der Waals surface area contributed by atoms with Gasteiger partial charge in [0.05, 0.1) is 22.6 Å². The molecule has 15 heteroatoms. The van der Waals surface area contributed by atoms with Crippen molar-refractivity contribution in [2.24, 2.45) is 15.3 Å². The minimum atomic E-state index is -4.48. The van der Waals surface area contributed by atoms with Gasteiger partial charge < -0.3 is 9.84 Å². The molecular formula is C20H18N4O9S2. The summed E-state index contributed by atoms with van der Waals surface area (Å²) in [6.07, 6.45) is 0. The molecule has 184 valence electrons. The number of aliphatic carboxylic acids is 1. The standard InChI is InChI=1S/C20H18N4O9S2/c1-4-34(28,29)16-10-15(33-3)14(9-11(16)2)21-22-17-18(20(26)27)23-24(19(17)25)12-5-7-13(8-6-12)35(30,31)32/h4-10,17H,1H2,2-3H3,(H,26,27)(H,30,31,32). The Morgan fingerprint density at radius 2 is 1.83 bits per heavy atom. The molecule has 0 saturated heterocycles. The van der Waals surface area contributed by atoms with Gasteiger partial charge >= 0.3 is 5.97 Å². The number of anilines is 1. The zero-order chi connectivity index (χ0) is 26.1. The van der Waals surface area contributed by atoms with Crippen LogP contribution in [0.5, 0.6) is 5.75 Å². The molecule has 1 heterocycles. The number of carbonyl (C=O) groups is 2. The van der Waals surface area contributed by atoms with Crippen molar-refractivity contribution in [2.45, 2.75) is 22.8 Å². The highest BCUT2D eigenvalue weighted by molar-refractivity contribution is 7.94. The second kappa shape index (κ2) is 9.36. The fourth-order valence-electron chi connectivity index (χ4n) is 3.06. The third-order valence-corrected chi connectivity index (χ3v) is 7.15. The van der Waals surface area contributed by atoms with E-state index in [-0.39, 0.29) is 27.6 Å². The van der Waals surface area contributed by atoms with Crippen LogP contribution in [0.25, 0.3) is 0 Å². The Bertz CT molecular complexity index is 1500. The lowest BCUT2D eigenvalue weighted by atomic mass is 10.2. The Kier molecular flexibility index (Phi) is 6.86. The van der Waals surface area contributed by atoms with Gasteiger partial charge in [-0.3, -0.25) is 9.35 Å². The van der Waals surface area contributed by atoms with Crippen molar-refractivity contribution < 1.29 is 40.8 Å². The Morgan fingerprint density at radius 3 is 2.34 bits per heavy atom. The van der Waals surface area contributed by atoms with Crippen LogP contribution in [0.2, 0.25) is 0 Å². The maximum absolute atomic E-state index is 12.9. The van der Waals surface area contributed by atoms with Crippen LogP contribution in [0, 0.1) is 6.92 Å². The van der Waals surface area contributed by atoms with Gasteiger partial charge in [-0.15, -0.1) is 0 Å². The van der Waals surface area contributed by atoms with Crippen molar-refractivity contribution in [2.75, 3.05) is 12.1 Å². The molecule has 1 unspecified atom stereocenters. The summed E-state index contributed by atoms with van der Waals surface area (Å²) in [6, 6.07) is 5.19. The van der Waals surface area contributed by atoms with Crippen molar-refractivity contribution >= 4 is 48.9 Å². The topological polar surface area (TPSA) is 192 Å². The predicted molar refractivity (Wildman–Crippen MR) is 122 cm³/mol. The lowest BCUT2D eigenvalue weighted by molar-refractivity contribution is -0.130. The Morgan fingerprint density at radius 1 is 1.20 bits per heavy atom. The van der Waals surface area contributed by atoms with Crippen molar-refractivity contribution in [3.63, 3.8) is 0 Å². The van der Waals surface area contributed by atoms with Crippen LogP contribution >= 0.6 is 0 Å². The molecule has 0 aliphatic carbocycles. The number of hydrogen-bond donors (Lipinski definition) is 2. The lowest BCUT2D eigenvalue weighted by Crippen LogP contribution is -2.33. The number of azo groups is 1. The molecule has 0 spiro atoms. The highest BCUT2D eigenvalue weighted by atomic mass is 32.2. The van der Waals surface area contributed by atoms with Crippen LogP contribution < -0.4 is 9.75 Å². The first-order valence-corrected chi connectivity index (χ1v) is 12.5. The highest BCUT2D eigenvalue weighted by Crippen LogP contribution is 2.34. The van der Waals surface area contributed by atoms with E-state index in [9.17, 15) is 31.5 Å². The number of sulfone groups is 1. The van der Waals surface area contributed by atoms with Crippen molar-refractivity contribution in [1.82, 2.24) is 0 Å². The minimum Gasteiger partial charge on any atom is -0.494 e. The predicted octanol–water partition coefficient (Wildman–Crippen LogP) is 2.11. The van der Waals surface area contributed by atoms with E-state index in [0.717, 1.165) is 29.7 Å². The van der Waals surface area contributed by atoms with Gasteiger partial charge in [-0.2, -0.15) is 28.8 Å². The lowest BCUT2D eigenvalue weighted by Gasteiger charge is -2.13. The number of ether oxygens (including phenoxy) is 1. The summed E-state index contributed by atoms with van der Waals surface area (Å²) in [5, 5.41) is 22.4. The quantitative estimate of drug-likeness (QED) is 0.386. The Hall–Kier alpha value is -3.95. The molecule has 13 nitrogen and oxygen atoms in total. The van der Waals surface area contributed by atoms with E-state index >= 15 is 0 Å². The van der Waals surface area contributed by atoms with E-state index in [4.69, 9.17) is 9.29 Å². The second-order valence-corrected chi connectivity index (χ2v) is 10.3. The van der Waals surface area contributed by atoms with E-state index in [1.54, 1.807) is 0 Å². The smallest absolute Gasteiger partial charge is 0.355 e. The van der Waals surface area contributed by atoms with Crippen molar-refractivity contribution in [1.29, 1.82) is 0 Å². The fraction of sp³-hybridized carbons (Fsp3) is 0.150. The summed E-state index contributed by atoms with van der Waals surface area (Å²) in [6.45, 7) is 4.77. The number of benzene rings is 2. The minimum absolute atomic E-state index is 0.00306.